The molecular formula is C19H22F3NO6S. The monoisotopic (exact) mass is 449 g/mol. The summed E-state index contributed by atoms with van der Waals surface area (Å²) in [5.74, 6) is -0.311. The van der Waals surface area contributed by atoms with Gasteiger partial charge in [0.2, 0.25) is 0 Å². The maximum absolute atomic E-state index is 12.9. The van der Waals surface area contributed by atoms with Crippen LogP contribution in [0.5, 0.6) is 5.75 Å². The Balaban J connectivity index is 2.07. The van der Waals surface area contributed by atoms with E-state index in [0.717, 1.165) is 0 Å². The van der Waals surface area contributed by atoms with Crippen molar-refractivity contribution in [1.82, 2.24) is 4.90 Å². The van der Waals surface area contributed by atoms with Gasteiger partial charge in [0.1, 0.15) is 11.4 Å². The highest BCUT2D eigenvalue weighted by molar-refractivity contribution is 7.87. The molecule has 30 heavy (non-hydrogen) atoms. The van der Waals surface area contributed by atoms with Gasteiger partial charge in [-0.1, -0.05) is 32.9 Å². The van der Waals surface area contributed by atoms with Crippen LogP contribution in [0.4, 0.5) is 18.0 Å². The Morgan fingerprint density at radius 2 is 1.90 bits per heavy atom. The summed E-state index contributed by atoms with van der Waals surface area (Å²) in [6, 6.07) is 5.49. The fourth-order valence-corrected chi connectivity index (χ4v) is 4.26. The first-order chi connectivity index (χ1) is 13.7. The number of piperidine rings is 1. The molecule has 0 bridgehead atoms. The predicted octanol–water partition coefficient (Wildman–Crippen LogP) is 4.21. The average Bonchev–Trinajstić information content (AvgIpc) is 2.59. The van der Waals surface area contributed by atoms with Crippen LogP contribution in [0.15, 0.2) is 30.3 Å². The van der Waals surface area contributed by atoms with Crippen LogP contribution in [-0.4, -0.2) is 48.2 Å². The van der Waals surface area contributed by atoms with Gasteiger partial charge in [0, 0.05) is 31.5 Å². The number of hydrogen-bond acceptors (Lipinski definition) is 5. The van der Waals surface area contributed by atoms with E-state index in [2.05, 4.69) is 4.18 Å². The second-order valence-electron chi connectivity index (χ2n) is 8.47. The normalized spacial score (nSPS) is 24.7. The third-order valence-corrected chi connectivity index (χ3v) is 6.25. The Morgan fingerprint density at radius 3 is 2.47 bits per heavy atom. The molecule has 2 aliphatic rings. The van der Waals surface area contributed by atoms with Crippen molar-refractivity contribution in [2.45, 2.75) is 50.8 Å². The molecule has 0 aliphatic carbocycles. The lowest BCUT2D eigenvalue weighted by atomic mass is 9.74. The molecule has 0 radical (unpaired) electrons. The van der Waals surface area contributed by atoms with E-state index in [0.29, 0.717) is 0 Å². The lowest BCUT2D eigenvalue weighted by Gasteiger charge is -2.49. The molecule has 1 spiro atoms. The maximum atomic E-state index is 12.9. The van der Waals surface area contributed by atoms with Gasteiger partial charge in [0.15, 0.2) is 5.76 Å². The smallest absolute Gasteiger partial charge is 0.482 e. The zero-order valence-electron chi connectivity index (χ0n) is 16.6. The van der Waals surface area contributed by atoms with E-state index in [9.17, 15) is 31.5 Å². The van der Waals surface area contributed by atoms with Gasteiger partial charge in [-0.2, -0.15) is 21.6 Å². The van der Waals surface area contributed by atoms with Crippen molar-refractivity contribution in [3.05, 3.63) is 35.9 Å². The largest absolute Gasteiger partial charge is 0.534 e. The molecule has 1 aromatic rings. The van der Waals surface area contributed by atoms with Gasteiger partial charge in [-0.25, -0.2) is 4.79 Å². The van der Waals surface area contributed by atoms with Crippen LogP contribution in [0.3, 0.4) is 0 Å². The van der Waals surface area contributed by atoms with Crippen molar-refractivity contribution < 1.29 is 40.4 Å². The number of rotatable bonds is 2. The SMILES string of the molecule is CC(C)(C)C1CC2(C=C(OS(=O)(=O)C(F)(F)F)c3ccccc3O2)CCN1C(=O)O. The number of para-hydroxylation sites is 1. The van der Waals surface area contributed by atoms with Crippen molar-refractivity contribution in [3.8, 4) is 5.75 Å². The van der Waals surface area contributed by atoms with Crippen LogP contribution >= 0.6 is 0 Å². The summed E-state index contributed by atoms with van der Waals surface area (Å²) in [5, 5.41) is 9.55. The Bertz CT molecular complexity index is 983. The van der Waals surface area contributed by atoms with Crippen LogP contribution in [0.25, 0.3) is 5.76 Å². The molecule has 1 fully saturated rings. The van der Waals surface area contributed by atoms with Gasteiger partial charge < -0.3 is 18.9 Å². The first kappa shape index (κ1) is 22.3. The van der Waals surface area contributed by atoms with Gasteiger partial charge in [-0.05, 0) is 17.5 Å². The highest BCUT2D eigenvalue weighted by atomic mass is 32.2. The molecular weight excluding hydrogens is 427 g/mol. The molecule has 2 aliphatic heterocycles. The van der Waals surface area contributed by atoms with E-state index in [1.165, 1.54) is 29.2 Å². The highest BCUT2D eigenvalue weighted by Crippen LogP contribution is 2.46. The van der Waals surface area contributed by atoms with Gasteiger partial charge in [0.05, 0.1) is 5.56 Å². The van der Waals surface area contributed by atoms with Crippen molar-refractivity contribution in [1.29, 1.82) is 0 Å². The van der Waals surface area contributed by atoms with Crippen LogP contribution in [0, 0.1) is 5.41 Å². The number of hydrogen-bond donors (Lipinski definition) is 1. The van der Waals surface area contributed by atoms with E-state index in [1.54, 1.807) is 6.07 Å². The minimum absolute atomic E-state index is 0.0647. The van der Waals surface area contributed by atoms with E-state index in [1.807, 2.05) is 20.8 Å². The standard InChI is InChI=1S/C19H22F3NO6S/c1-17(2,3)15-11-18(8-9-23(15)16(24)25)10-14(29-30(26,27)19(20,21)22)12-6-4-5-7-13(12)28-18/h4-7,10,15H,8-9,11H2,1-3H3,(H,24,25). The molecule has 7 nitrogen and oxygen atoms in total. The predicted molar refractivity (Wildman–Crippen MR) is 101 cm³/mol. The second kappa shape index (κ2) is 7.07. The third-order valence-electron chi connectivity index (χ3n) is 5.28. The third kappa shape index (κ3) is 4.07. The summed E-state index contributed by atoms with van der Waals surface area (Å²) < 4.78 is 72.6. The number of carboxylic acid groups (broad SMARTS) is 1. The van der Waals surface area contributed by atoms with Crippen LogP contribution < -0.4 is 4.74 Å². The summed E-state index contributed by atoms with van der Waals surface area (Å²) in [5.41, 5.74) is -7.23. The molecule has 1 N–H and O–H groups in total. The number of alkyl halides is 3. The number of amides is 1. The molecule has 1 amide bonds. The lowest BCUT2D eigenvalue weighted by Crippen LogP contribution is -2.58. The number of benzene rings is 1. The maximum Gasteiger partial charge on any atom is 0.534 e. The fourth-order valence-electron chi connectivity index (χ4n) is 3.79. The number of likely N-dealkylation sites (tertiary alicyclic amines) is 1. The first-order valence-corrected chi connectivity index (χ1v) is 10.6. The molecule has 0 saturated carbocycles. The summed E-state index contributed by atoms with van der Waals surface area (Å²) >= 11 is 0. The minimum Gasteiger partial charge on any atom is -0.482 e. The Labute approximate surface area is 172 Å². The molecule has 166 valence electrons. The topological polar surface area (TPSA) is 93.1 Å². The van der Waals surface area contributed by atoms with Crippen LogP contribution in [0.2, 0.25) is 0 Å². The van der Waals surface area contributed by atoms with Gasteiger partial charge in [-0.15, -0.1) is 0 Å². The van der Waals surface area contributed by atoms with Crippen molar-refractivity contribution in [2.75, 3.05) is 6.54 Å². The first-order valence-electron chi connectivity index (χ1n) is 9.17. The van der Waals surface area contributed by atoms with E-state index in [4.69, 9.17) is 4.74 Å². The van der Waals surface area contributed by atoms with Crippen LogP contribution in [-0.2, 0) is 14.3 Å². The molecule has 3 rings (SSSR count). The molecule has 1 saturated heterocycles. The molecule has 2 heterocycles. The van der Waals surface area contributed by atoms with Crippen molar-refractivity contribution in [3.63, 3.8) is 0 Å². The summed E-state index contributed by atoms with van der Waals surface area (Å²) in [6.45, 7) is 5.60. The molecule has 0 aromatic heterocycles. The zero-order chi connectivity index (χ0) is 22.5. The summed E-state index contributed by atoms with van der Waals surface area (Å²) in [7, 11) is -5.89. The van der Waals surface area contributed by atoms with Crippen LogP contribution in [0.1, 0.15) is 39.2 Å². The summed E-state index contributed by atoms with van der Waals surface area (Å²) in [6.07, 6.45) is 0.368. The number of nitrogens with zero attached hydrogens (tertiary/aromatic N) is 1. The number of ether oxygens (including phenoxy) is 1. The van der Waals surface area contributed by atoms with Gasteiger partial charge in [-0.3, -0.25) is 0 Å². The quantitative estimate of drug-likeness (QED) is 0.537. The second-order valence-corrected chi connectivity index (χ2v) is 10.0. The Hall–Kier alpha value is -2.43. The highest BCUT2D eigenvalue weighted by Gasteiger charge is 2.52. The fraction of sp³-hybridized carbons (Fsp3) is 0.526. The number of fused-ring (bicyclic) bond motifs is 1. The van der Waals surface area contributed by atoms with Crippen molar-refractivity contribution in [2.24, 2.45) is 5.41 Å². The molecule has 1 aromatic carbocycles. The Kier molecular flexibility index (Phi) is 5.25. The average molecular weight is 449 g/mol. The summed E-state index contributed by atoms with van der Waals surface area (Å²) in [4.78, 5) is 13.0. The Morgan fingerprint density at radius 1 is 1.27 bits per heavy atom. The molecule has 2 unspecified atom stereocenters. The molecule has 2 atom stereocenters. The van der Waals surface area contributed by atoms with Gasteiger partial charge >= 0.3 is 21.7 Å². The molecule has 11 heteroatoms. The minimum atomic E-state index is -5.89. The van der Waals surface area contributed by atoms with Gasteiger partial charge in [0.25, 0.3) is 0 Å². The van der Waals surface area contributed by atoms with E-state index < -0.39 is 44.5 Å². The number of halogens is 3. The zero-order valence-corrected chi connectivity index (χ0v) is 17.4. The van der Waals surface area contributed by atoms with E-state index in [-0.39, 0.29) is 30.7 Å². The van der Waals surface area contributed by atoms with E-state index >= 15 is 0 Å². The lowest BCUT2D eigenvalue weighted by molar-refractivity contribution is -0.0514. The number of carbonyl (C=O) groups is 1. The van der Waals surface area contributed by atoms with Crippen molar-refractivity contribution >= 4 is 22.0 Å².